The van der Waals surface area contributed by atoms with Crippen LogP contribution in [0.25, 0.3) is 0 Å². The van der Waals surface area contributed by atoms with Gasteiger partial charge in [0.05, 0.1) is 13.4 Å². The van der Waals surface area contributed by atoms with Gasteiger partial charge in [-0.2, -0.15) is 0 Å². The second-order valence-corrected chi connectivity index (χ2v) is 5.05. The van der Waals surface area contributed by atoms with Gasteiger partial charge in [0.15, 0.2) is 0 Å². The maximum atomic E-state index is 10.6. The Labute approximate surface area is 171 Å². The minimum atomic E-state index is -1.37. The molecule has 29 heavy (non-hydrogen) atoms. The molecule has 0 rings (SSSR count). The lowest BCUT2D eigenvalue weighted by Crippen LogP contribution is -2.08. The highest BCUT2D eigenvalue weighted by molar-refractivity contribution is 6.00. The van der Waals surface area contributed by atoms with E-state index in [4.69, 9.17) is 10.2 Å². The minimum absolute atomic E-state index is 0.483. The molecule has 8 heteroatoms. The largest absolute Gasteiger partial charge is 0.505 e. The predicted molar refractivity (Wildman–Crippen MR) is 110 cm³/mol. The number of unbranched alkanes of at least 4 members (excludes halogenated alkanes) is 5. The van der Waals surface area contributed by atoms with Crippen LogP contribution in [0.1, 0.15) is 38.5 Å². The Kier molecular flexibility index (Phi) is 25.7. The highest BCUT2D eigenvalue weighted by atomic mass is 16.6. The van der Waals surface area contributed by atoms with Crippen LogP contribution in [-0.4, -0.2) is 41.2 Å². The zero-order chi connectivity index (χ0) is 22.9. The second-order valence-electron chi connectivity index (χ2n) is 5.05. The number of methoxy groups -OCH3 is 1. The number of carbonyl (C=O) groups excluding carboxylic acids is 2. The van der Waals surface area contributed by atoms with Gasteiger partial charge >= 0.3 is 23.9 Å². The summed E-state index contributed by atoms with van der Waals surface area (Å²) in [5, 5.41) is 16.2. The number of ether oxygens (including phenoxy) is 2. The number of allylic oxidation sites excluding steroid dienone is 2. The highest BCUT2D eigenvalue weighted by Crippen LogP contribution is 2.05. The van der Waals surface area contributed by atoms with E-state index in [1.165, 1.54) is 44.8 Å². The third kappa shape index (κ3) is 36.3. The van der Waals surface area contributed by atoms with Gasteiger partial charge in [-0.15, -0.1) is 13.2 Å². The SMILES string of the molecule is C=CCCCCCCC=C.C=COC.O=C(O)/C=C\C(=O)OC(=O)/C=C\C(=O)O. The third-order valence-electron chi connectivity index (χ3n) is 2.66. The molecule has 0 saturated heterocycles. The lowest BCUT2D eigenvalue weighted by atomic mass is 10.1. The van der Waals surface area contributed by atoms with Crippen molar-refractivity contribution in [1.82, 2.24) is 0 Å². The van der Waals surface area contributed by atoms with E-state index < -0.39 is 23.9 Å². The number of rotatable bonds is 12. The topological polar surface area (TPSA) is 127 Å². The Morgan fingerprint density at radius 3 is 1.31 bits per heavy atom. The summed E-state index contributed by atoms with van der Waals surface area (Å²) in [6.07, 6.45) is 15.0. The molecule has 0 bridgehead atoms. The normalized spacial score (nSPS) is 9.28. The van der Waals surface area contributed by atoms with Crippen molar-refractivity contribution in [3.63, 3.8) is 0 Å². The number of hydrogen-bond donors (Lipinski definition) is 2. The molecule has 0 saturated carbocycles. The van der Waals surface area contributed by atoms with Gasteiger partial charge in [-0.1, -0.05) is 31.6 Å². The maximum Gasteiger partial charge on any atom is 0.338 e. The number of carbonyl (C=O) groups is 4. The van der Waals surface area contributed by atoms with Crippen LogP contribution in [0.15, 0.2) is 62.5 Å². The number of carboxylic acids is 2. The first-order valence-corrected chi connectivity index (χ1v) is 8.68. The first kappa shape index (κ1) is 30.3. The van der Waals surface area contributed by atoms with Crippen LogP contribution in [0.2, 0.25) is 0 Å². The van der Waals surface area contributed by atoms with Crippen molar-refractivity contribution in [2.75, 3.05) is 7.11 Å². The van der Waals surface area contributed by atoms with Crippen molar-refractivity contribution in [2.24, 2.45) is 0 Å². The van der Waals surface area contributed by atoms with E-state index in [0.29, 0.717) is 24.3 Å². The molecule has 8 nitrogen and oxygen atoms in total. The molecule has 0 unspecified atom stereocenters. The van der Waals surface area contributed by atoms with Crippen molar-refractivity contribution >= 4 is 23.9 Å². The molecule has 0 spiro atoms. The van der Waals surface area contributed by atoms with Crippen LogP contribution < -0.4 is 0 Å². The first-order chi connectivity index (χ1) is 13.7. The summed E-state index contributed by atoms with van der Waals surface area (Å²) in [6.45, 7) is 10.6. The molecular weight excluding hydrogens is 380 g/mol. The van der Waals surface area contributed by atoms with Crippen molar-refractivity contribution in [1.29, 1.82) is 0 Å². The number of carboxylic acid groups (broad SMARTS) is 2. The van der Waals surface area contributed by atoms with Crippen molar-refractivity contribution in [2.45, 2.75) is 38.5 Å². The van der Waals surface area contributed by atoms with Crippen LogP contribution in [0.5, 0.6) is 0 Å². The standard InChI is InChI=1S/C10H18.C8H6O7.C3H6O/c1-3-5-7-9-10-8-6-4-2;9-5(10)1-3-7(13)15-8(14)4-2-6(11)12;1-3-4-2/h3-4H,1-2,5-10H2;1-4H,(H,9,10)(H,11,12);3H,1H2,2H3/b;3-1-,4-2-;. The van der Waals surface area contributed by atoms with Crippen molar-refractivity contribution in [3.05, 3.63) is 62.5 Å². The molecule has 162 valence electrons. The van der Waals surface area contributed by atoms with Gasteiger partial charge in [-0.05, 0) is 25.7 Å². The van der Waals surface area contributed by atoms with Gasteiger partial charge in [0, 0.05) is 24.3 Å². The summed E-state index contributed by atoms with van der Waals surface area (Å²) < 4.78 is 8.28. The van der Waals surface area contributed by atoms with Gasteiger partial charge in [-0.3, -0.25) is 0 Å². The fraction of sp³-hybridized carbons (Fsp3) is 0.333. The van der Waals surface area contributed by atoms with Crippen LogP contribution in [0.3, 0.4) is 0 Å². The Morgan fingerprint density at radius 2 is 1.07 bits per heavy atom. The van der Waals surface area contributed by atoms with E-state index in [9.17, 15) is 19.2 Å². The lowest BCUT2D eigenvalue weighted by molar-refractivity contribution is -0.153. The average molecular weight is 410 g/mol. The molecular formula is C21H30O8. The van der Waals surface area contributed by atoms with Crippen LogP contribution in [0.4, 0.5) is 0 Å². The van der Waals surface area contributed by atoms with E-state index in [-0.39, 0.29) is 0 Å². The summed E-state index contributed by atoms with van der Waals surface area (Å²) in [7, 11) is 1.56. The Hall–Kier alpha value is -3.42. The van der Waals surface area contributed by atoms with Gasteiger partial charge in [-0.25, -0.2) is 19.2 Å². The van der Waals surface area contributed by atoms with Gasteiger partial charge < -0.3 is 19.7 Å². The molecule has 0 aliphatic heterocycles. The molecule has 0 aromatic rings. The monoisotopic (exact) mass is 410 g/mol. The lowest BCUT2D eigenvalue weighted by Gasteiger charge is -1.95. The number of hydrogen-bond acceptors (Lipinski definition) is 6. The molecule has 2 N–H and O–H groups in total. The van der Waals surface area contributed by atoms with Crippen molar-refractivity contribution in [3.8, 4) is 0 Å². The summed E-state index contributed by atoms with van der Waals surface area (Å²) in [5.74, 6) is -5.14. The quantitative estimate of drug-likeness (QED) is 0.124. The van der Waals surface area contributed by atoms with Crippen LogP contribution in [0, 0.1) is 0 Å². The summed E-state index contributed by atoms with van der Waals surface area (Å²) in [4.78, 5) is 41.1. The molecule has 0 radical (unpaired) electrons. The molecule has 0 fully saturated rings. The van der Waals surface area contributed by atoms with Gasteiger partial charge in [0.2, 0.25) is 0 Å². The average Bonchev–Trinajstić information content (AvgIpc) is 2.68. The third-order valence-corrected chi connectivity index (χ3v) is 2.66. The summed E-state index contributed by atoms with van der Waals surface area (Å²) in [5.41, 5.74) is 0. The fourth-order valence-electron chi connectivity index (χ4n) is 1.38. The number of aliphatic carboxylic acids is 2. The van der Waals surface area contributed by atoms with E-state index in [1.807, 2.05) is 12.2 Å². The highest BCUT2D eigenvalue weighted by Gasteiger charge is 2.04. The zero-order valence-corrected chi connectivity index (χ0v) is 16.7. The molecule has 0 aliphatic carbocycles. The Bertz CT molecular complexity index is 527. The smallest absolute Gasteiger partial charge is 0.338 e. The minimum Gasteiger partial charge on any atom is -0.505 e. The molecule has 0 amide bonds. The van der Waals surface area contributed by atoms with Gasteiger partial charge in [0.25, 0.3) is 0 Å². The van der Waals surface area contributed by atoms with E-state index in [0.717, 1.165) is 0 Å². The van der Waals surface area contributed by atoms with Gasteiger partial charge in [0.1, 0.15) is 0 Å². The fourth-order valence-corrected chi connectivity index (χ4v) is 1.38. The van der Waals surface area contributed by atoms with Crippen molar-refractivity contribution < 1.29 is 38.9 Å². The van der Waals surface area contributed by atoms with Crippen LogP contribution in [-0.2, 0) is 28.7 Å². The molecule has 0 heterocycles. The van der Waals surface area contributed by atoms with E-state index in [2.05, 4.69) is 29.2 Å². The Balaban J connectivity index is -0.000000414. The number of esters is 2. The van der Waals surface area contributed by atoms with E-state index in [1.54, 1.807) is 7.11 Å². The first-order valence-electron chi connectivity index (χ1n) is 8.68. The second kappa shape index (κ2) is 24.6. The maximum absolute atomic E-state index is 10.6. The summed E-state index contributed by atoms with van der Waals surface area (Å²) >= 11 is 0. The van der Waals surface area contributed by atoms with Crippen LogP contribution >= 0.6 is 0 Å². The molecule has 0 aromatic heterocycles. The Morgan fingerprint density at radius 1 is 0.724 bits per heavy atom. The summed E-state index contributed by atoms with van der Waals surface area (Å²) in [6, 6.07) is 0. The molecule has 0 aromatic carbocycles. The predicted octanol–water partition coefficient (Wildman–Crippen LogP) is 3.81. The molecule has 0 atom stereocenters. The molecule has 0 aliphatic rings. The van der Waals surface area contributed by atoms with E-state index >= 15 is 0 Å². The zero-order valence-electron chi connectivity index (χ0n) is 16.7.